The number of carbonyl (C=O) groups is 1. The SMILES string of the molecule is C=CCOC(=O)c1cc(-c2ccc(F)cc2)nc2ccc(Br)cc12. The van der Waals surface area contributed by atoms with Gasteiger partial charge in [-0.15, -0.1) is 0 Å². The summed E-state index contributed by atoms with van der Waals surface area (Å²) in [4.78, 5) is 17.0. The Kier molecular flexibility index (Phi) is 4.71. The highest BCUT2D eigenvalue weighted by Crippen LogP contribution is 2.27. The monoisotopic (exact) mass is 385 g/mol. The fourth-order valence-electron chi connectivity index (χ4n) is 2.35. The Morgan fingerprint density at radius 1 is 1.21 bits per heavy atom. The lowest BCUT2D eigenvalue weighted by molar-refractivity contribution is 0.0552. The van der Waals surface area contributed by atoms with Gasteiger partial charge in [0.2, 0.25) is 0 Å². The second kappa shape index (κ2) is 6.93. The van der Waals surface area contributed by atoms with Crippen molar-refractivity contribution in [1.29, 1.82) is 0 Å². The first kappa shape index (κ1) is 16.3. The number of hydrogen-bond acceptors (Lipinski definition) is 3. The van der Waals surface area contributed by atoms with Gasteiger partial charge in [0, 0.05) is 15.4 Å². The van der Waals surface area contributed by atoms with Crippen molar-refractivity contribution in [3.8, 4) is 11.3 Å². The van der Waals surface area contributed by atoms with E-state index in [4.69, 9.17) is 4.74 Å². The number of carbonyl (C=O) groups excluding carboxylic acids is 1. The van der Waals surface area contributed by atoms with Crippen molar-refractivity contribution in [3.63, 3.8) is 0 Å². The smallest absolute Gasteiger partial charge is 0.339 e. The summed E-state index contributed by atoms with van der Waals surface area (Å²) in [6.07, 6.45) is 1.51. The number of aromatic nitrogens is 1. The van der Waals surface area contributed by atoms with Crippen LogP contribution in [0.1, 0.15) is 10.4 Å². The maximum absolute atomic E-state index is 13.1. The average Bonchev–Trinajstić information content (AvgIpc) is 2.59. The molecule has 0 spiro atoms. The third-order valence-electron chi connectivity index (χ3n) is 3.46. The normalized spacial score (nSPS) is 10.6. The van der Waals surface area contributed by atoms with Crippen molar-refractivity contribution in [2.45, 2.75) is 0 Å². The minimum Gasteiger partial charge on any atom is -0.458 e. The van der Waals surface area contributed by atoms with Crippen molar-refractivity contribution in [2.75, 3.05) is 6.61 Å². The van der Waals surface area contributed by atoms with Crippen LogP contribution in [0, 0.1) is 5.82 Å². The first-order chi connectivity index (χ1) is 11.6. The van der Waals surface area contributed by atoms with Gasteiger partial charge in [0.25, 0.3) is 0 Å². The largest absolute Gasteiger partial charge is 0.458 e. The molecule has 1 heterocycles. The third-order valence-corrected chi connectivity index (χ3v) is 3.96. The molecule has 24 heavy (non-hydrogen) atoms. The summed E-state index contributed by atoms with van der Waals surface area (Å²) in [7, 11) is 0. The zero-order valence-corrected chi connectivity index (χ0v) is 14.2. The van der Waals surface area contributed by atoms with Crippen LogP contribution >= 0.6 is 15.9 Å². The van der Waals surface area contributed by atoms with E-state index in [2.05, 4.69) is 27.5 Å². The van der Waals surface area contributed by atoms with E-state index in [-0.39, 0.29) is 12.4 Å². The Morgan fingerprint density at radius 3 is 2.67 bits per heavy atom. The van der Waals surface area contributed by atoms with Crippen LogP contribution in [-0.2, 0) is 4.74 Å². The number of rotatable bonds is 4. The number of ether oxygens (including phenoxy) is 1. The number of halogens is 2. The summed E-state index contributed by atoms with van der Waals surface area (Å²) in [5.41, 5.74) is 2.36. The molecule has 0 saturated carbocycles. The van der Waals surface area contributed by atoms with Gasteiger partial charge in [0.05, 0.1) is 16.8 Å². The van der Waals surface area contributed by atoms with Gasteiger partial charge in [-0.25, -0.2) is 14.2 Å². The molecule has 0 fully saturated rings. The van der Waals surface area contributed by atoms with E-state index in [1.807, 2.05) is 18.2 Å². The lowest BCUT2D eigenvalue weighted by Gasteiger charge is -2.10. The van der Waals surface area contributed by atoms with Crippen LogP contribution in [0.25, 0.3) is 22.2 Å². The highest BCUT2D eigenvalue weighted by molar-refractivity contribution is 9.10. The fraction of sp³-hybridized carbons (Fsp3) is 0.0526. The number of pyridine rings is 1. The molecule has 0 aliphatic rings. The summed E-state index contributed by atoms with van der Waals surface area (Å²) in [6.45, 7) is 3.67. The molecule has 3 aromatic rings. The zero-order valence-electron chi connectivity index (χ0n) is 12.6. The molecule has 120 valence electrons. The average molecular weight is 386 g/mol. The molecule has 2 aromatic carbocycles. The third kappa shape index (κ3) is 3.36. The minimum absolute atomic E-state index is 0.128. The highest BCUT2D eigenvalue weighted by atomic mass is 79.9. The van der Waals surface area contributed by atoms with Crippen molar-refractivity contribution in [3.05, 3.63) is 77.0 Å². The summed E-state index contributed by atoms with van der Waals surface area (Å²) in [5, 5.41) is 0.685. The molecule has 5 heteroatoms. The Morgan fingerprint density at radius 2 is 1.96 bits per heavy atom. The van der Waals surface area contributed by atoms with Crippen molar-refractivity contribution >= 4 is 32.8 Å². The molecule has 0 bridgehead atoms. The van der Waals surface area contributed by atoms with Gasteiger partial charge in [-0.05, 0) is 48.5 Å². The lowest BCUT2D eigenvalue weighted by atomic mass is 10.0. The molecule has 3 nitrogen and oxygen atoms in total. The summed E-state index contributed by atoms with van der Waals surface area (Å²) < 4.78 is 19.1. The van der Waals surface area contributed by atoms with Gasteiger partial charge in [0.1, 0.15) is 12.4 Å². The first-order valence-electron chi connectivity index (χ1n) is 7.23. The molecule has 3 rings (SSSR count). The molecule has 0 N–H and O–H groups in total. The van der Waals surface area contributed by atoms with E-state index in [1.165, 1.54) is 18.2 Å². The minimum atomic E-state index is -0.455. The molecule has 0 atom stereocenters. The maximum atomic E-state index is 13.1. The van der Waals surface area contributed by atoms with E-state index < -0.39 is 5.97 Å². The van der Waals surface area contributed by atoms with Crippen LogP contribution in [0.4, 0.5) is 4.39 Å². The molecular formula is C19H13BrFNO2. The second-order valence-corrected chi connectivity index (χ2v) is 6.03. The maximum Gasteiger partial charge on any atom is 0.339 e. The molecule has 0 saturated heterocycles. The van der Waals surface area contributed by atoms with Crippen LogP contribution in [0.15, 0.2) is 65.7 Å². The Bertz CT molecular complexity index is 923. The number of esters is 1. The molecule has 0 aliphatic heterocycles. The van der Waals surface area contributed by atoms with Gasteiger partial charge in [-0.3, -0.25) is 0 Å². The van der Waals surface area contributed by atoms with Crippen LogP contribution in [-0.4, -0.2) is 17.6 Å². The molecular weight excluding hydrogens is 373 g/mol. The van der Waals surface area contributed by atoms with Gasteiger partial charge in [-0.2, -0.15) is 0 Å². The number of hydrogen-bond donors (Lipinski definition) is 0. The Hall–Kier alpha value is -2.53. The van der Waals surface area contributed by atoms with Crippen molar-refractivity contribution in [1.82, 2.24) is 4.98 Å². The van der Waals surface area contributed by atoms with Crippen LogP contribution < -0.4 is 0 Å². The fourth-order valence-corrected chi connectivity index (χ4v) is 2.71. The van der Waals surface area contributed by atoms with Crippen molar-refractivity contribution in [2.24, 2.45) is 0 Å². The Balaban J connectivity index is 2.18. The summed E-state index contributed by atoms with van der Waals surface area (Å²) in [5.74, 6) is -0.780. The zero-order chi connectivity index (χ0) is 17.1. The van der Waals surface area contributed by atoms with E-state index in [0.717, 1.165) is 10.0 Å². The second-order valence-electron chi connectivity index (χ2n) is 5.11. The quantitative estimate of drug-likeness (QED) is 0.460. The Labute approximate surface area is 146 Å². The summed E-state index contributed by atoms with van der Waals surface area (Å²) in [6, 6.07) is 13.1. The van der Waals surface area contributed by atoms with E-state index in [0.29, 0.717) is 22.2 Å². The molecule has 1 aromatic heterocycles. The predicted octanol–water partition coefficient (Wildman–Crippen LogP) is 5.15. The number of nitrogens with zero attached hydrogens (tertiary/aromatic N) is 1. The molecule has 0 amide bonds. The highest BCUT2D eigenvalue weighted by Gasteiger charge is 2.15. The lowest BCUT2D eigenvalue weighted by Crippen LogP contribution is -2.07. The standard InChI is InChI=1S/C19H13BrFNO2/c1-2-9-24-19(23)16-11-18(12-3-6-14(21)7-4-12)22-17-8-5-13(20)10-15(16)17/h2-8,10-11H,1,9H2. The van der Waals surface area contributed by atoms with E-state index in [9.17, 15) is 9.18 Å². The van der Waals surface area contributed by atoms with E-state index >= 15 is 0 Å². The number of benzene rings is 2. The summed E-state index contributed by atoms with van der Waals surface area (Å²) >= 11 is 3.40. The molecule has 0 unspecified atom stereocenters. The van der Waals surface area contributed by atoms with Crippen LogP contribution in [0.3, 0.4) is 0 Å². The topological polar surface area (TPSA) is 39.2 Å². The van der Waals surface area contributed by atoms with Gasteiger partial charge >= 0.3 is 5.97 Å². The van der Waals surface area contributed by atoms with Gasteiger partial charge in [0.15, 0.2) is 0 Å². The van der Waals surface area contributed by atoms with E-state index in [1.54, 1.807) is 18.2 Å². The van der Waals surface area contributed by atoms with Gasteiger partial charge in [-0.1, -0.05) is 28.6 Å². The van der Waals surface area contributed by atoms with Crippen LogP contribution in [0.2, 0.25) is 0 Å². The first-order valence-corrected chi connectivity index (χ1v) is 8.02. The molecule has 0 aliphatic carbocycles. The van der Waals surface area contributed by atoms with Gasteiger partial charge < -0.3 is 4.74 Å². The van der Waals surface area contributed by atoms with Crippen LogP contribution in [0.5, 0.6) is 0 Å². The van der Waals surface area contributed by atoms with Crippen molar-refractivity contribution < 1.29 is 13.9 Å². The number of fused-ring (bicyclic) bond motifs is 1. The predicted molar refractivity (Wildman–Crippen MR) is 95.3 cm³/mol. The molecule has 0 radical (unpaired) electrons.